The first kappa shape index (κ1) is 19.3. The van der Waals surface area contributed by atoms with E-state index in [9.17, 15) is 13.6 Å². The molecule has 1 heterocycles. The second kappa shape index (κ2) is 9.43. The van der Waals surface area contributed by atoms with Gasteiger partial charge in [-0.25, -0.2) is 13.6 Å². The van der Waals surface area contributed by atoms with Crippen LogP contribution >= 0.6 is 0 Å². The molecule has 2 N–H and O–H groups in total. The van der Waals surface area contributed by atoms with Gasteiger partial charge in [0, 0.05) is 26.2 Å². The fraction of sp³-hybridized carbons (Fsp3) is 0.350. The summed E-state index contributed by atoms with van der Waals surface area (Å²) < 4.78 is 31.6. The summed E-state index contributed by atoms with van der Waals surface area (Å²) in [5, 5.41) is 5.64. The normalized spacial score (nSPS) is 15.9. The standard InChI is InChI=1S/C20H23F2N3O2/c21-17-5-1-15(2-6-17)13-23-20(26)24-14-19(25-9-11-27-12-10-25)16-3-7-18(22)8-4-16/h1-8,19H,9-14H2,(H2,23,24,26). The van der Waals surface area contributed by atoms with Crippen molar-refractivity contribution >= 4 is 6.03 Å². The second-order valence-electron chi connectivity index (χ2n) is 6.41. The monoisotopic (exact) mass is 375 g/mol. The summed E-state index contributed by atoms with van der Waals surface area (Å²) >= 11 is 0. The van der Waals surface area contributed by atoms with Crippen molar-refractivity contribution in [3.63, 3.8) is 0 Å². The molecule has 2 aromatic carbocycles. The molecule has 2 amide bonds. The molecule has 0 spiro atoms. The number of amides is 2. The van der Waals surface area contributed by atoms with Crippen LogP contribution in [0.25, 0.3) is 0 Å². The molecule has 0 aliphatic carbocycles. The first-order chi connectivity index (χ1) is 13.1. The van der Waals surface area contributed by atoms with Gasteiger partial charge in [0.15, 0.2) is 0 Å². The summed E-state index contributed by atoms with van der Waals surface area (Å²) in [4.78, 5) is 14.4. The molecule has 2 aromatic rings. The largest absolute Gasteiger partial charge is 0.379 e. The predicted octanol–water partition coefficient (Wildman–Crippen LogP) is 2.84. The number of rotatable bonds is 6. The number of benzene rings is 2. The smallest absolute Gasteiger partial charge is 0.315 e. The van der Waals surface area contributed by atoms with E-state index < -0.39 is 0 Å². The Morgan fingerprint density at radius 3 is 2.19 bits per heavy atom. The molecule has 144 valence electrons. The minimum absolute atomic E-state index is 0.0638. The number of morpholine rings is 1. The van der Waals surface area contributed by atoms with Gasteiger partial charge in [-0.3, -0.25) is 4.90 Å². The Kier molecular flexibility index (Phi) is 6.73. The fourth-order valence-electron chi connectivity index (χ4n) is 3.07. The van der Waals surface area contributed by atoms with Gasteiger partial charge < -0.3 is 15.4 Å². The van der Waals surface area contributed by atoms with Crippen molar-refractivity contribution in [3.05, 3.63) is 71.3 Å². The van der Waals surface area contributed by atoms with Gasteiger partial charge in [-0.2, -0.15) is 0 Å². The van der Waals surface area contributed by atoms with E-state index in [2.05, 4.69) is 15.5 Å². The lowest BCUT2D eigenvalue weighted by molar-refractivity contribution is 0.0167. The van der Waals surface area contributed by atoms with Crippen LogP contribution in [-0.2, 0) is 11.3 Å². The van der Waals surface area contributed by atoms with Crippen LogP contribution in [0.3, 0.4) is 0 Å². The van der Waals surface area contributed by atoms with E-state index in [1.807, 2.05) is 0 Å². The van der Waals surface area contributed by atoms with E-state index in [0.717, 1.165) is 24.2 Å². The van der Waals surface area contributed by atoms with Crippen LogP contribution in [0.2, 0.25) is 0 Å². The Bertz CT molecular complexity index is 732. The molecule has 1 fully saturated rings. The van der Waals surface area contributed by atoms with Crippen LogP contribution in [0.4, 0.5) is 13.6 Å². The van der Waals surface area contributed by atoms with Gasteiger partial charge in [0.1, 0.15) is 11.6 Å². The topological polar surface area (TPSA) is 53.6 Å². The van der Waals surface area contributed by atoms with Crippen LogP contribution in [0.15, 0.2) is 48.5 Å². The van der Waals surface area contributed by atoms with E-state index >= 15 is 0 Å². The maximum absolute atomic E-state index is 13.3. The lowest BCUT2D eigenvalue weighted by Gasteiger charge is -2.35. The number of carbonyl (C=O) groups excluding carboxylic acids is 1. The summed E-state index contributed by atoms with van der Waals surface area (Å²) in [6.45, 7) is 3.47. The number of urea groups is 1. The van der Waals surface area contributed by atoms with Crippen LogP contribution in [0, 0.1) is 11.6 Å². The second-order valence-corrected chi connectivity index (χ2v) is 6.41. The van der Waals surface area contributed by atoms with Gasteiger partial charge in [-0.15, -0.1) is 0 Å². The highest BCUT2D eigenvalue weighted by Crippen LogP contribution is 2.21. The molecule has 1 aliphatic heterocycles. The quantitative estimate of drug-likeness (QED) is 0.816. The Morgan fingerprint density at radius 2 is 1.56 bits per heavy atom. The Morgan fingerprint density at radius 1 is 0.963 bits per heavy atom. The molecule has 3 rings (SSSR count). The van der Waals surface area contributed by atoms with Crippen molar-refractivity contribution in [1.29, 1.82) is 0 Å². The first-order valence-electron chi connectivity index (χ1n) is 8.95. The molecule has 0 bridgehead atoms. The number of hydrogen-bond donors (Lipinski definition) is 2. The fourth-order valence-corrected chi connectivity index (χ4v) is 3.07. The minimum Gasteiger partial charge on any atom is -0.379 e. The molecule has 0 radical (unpaired) electrons. The predicted molar refractivity (Wildman–Crippen MR) is 98.2 cm³/mol. The minimum atomic E-state index is -0.309. The summed E-state index contributed by atoms with van der Waals surface area (Å²) in [7, 11) is 0. The average Bonchev–Trinajstić information content (AvgIpc) is 2.70. The number of halogens is 2. The molecule has 27 heavy (non-hydrogen) atoms. The van der Waals surface area contributed by atoms with Gasteiger partial charge in [0.2, 0.25) is 0 Å². The lowest BCUT2D eigenvalue weighted by Crippen LogP contribution is -2.45. The summed E-state index contributed by atoms with van der Waals surface area (Å²) in [6, 6.07) is 12.0. The Labute approximate surface area is 157 Å². The summed E-state index contributed by atoms with van der Waals surface area (Å²) in [6.07, 6.45) is 0. The van der Waals surface area contributed by atoms with Crippen LogP contribution in [0.5, 0.6) is 0 Å². The van der Waals surface area contributed by atoms with E-state index in [-0.39, 0.29) is 23.7 Å². The summed E-state index contributed by atoms with van der Waals surface area (Å²) in [5.74, 6) is -0.597. The molecule has 1 aliphatic rings. The summed E-state index contributed by atoms with van der Waals surface area (Å²) in [5.41, 5.74) is 1.76. The highest BCUT2D eigenvalue weighted by molar-refractivity contribution is 5.73. The van der Waals surface area contributed by atoms with Gasteiger partial charge in [0.25, 0.3) is 0 Å². The highest BCUT2D eigenvalue weighted by atomic mass is 19.1. The van der Waals surface area contributed by atoms with Gasteiger partial charge in [-0.05, 0) is 35.4 Å². The maximum atomic E-state index is 13.3. The number of hydrogen-bond acceptors (Lipinski definition) is 3. The van der Waals surface area contributed by atoms with E-state index in [0.29, 0.717) is 26.3 Å². The Hall–Kier alpha value is -2.51. The highest BCUT2D eigenvalue weighted by Gasteiger charge is 2.23. The van der Waals surface area contributed by atoms with E-state index in [1.54, 1.807) is 24.3 Å². The van der Waals surface area contributed by atoms with Crippen molar-refractivity contribution < 1.29 is 18.3 Å². The van der Waals surface area contributed by atoms with Gasteiger partial charge in [0.05, 0.1) is 19.3 Å². The third-order valence-electron chi connectivity index (χ3n) is 4.56. The van der Waals surface area contributed by atoms with E-state index in [1.165, 1.54) is 24.3 Å². The molecule has 1 unspecified atom stereocenters. The molecule has 1 saturated heterocycles. The zero-order valence-corrected chi connectivity index (χ0v) is 15.0. The third-order valence-corrected chi connectivity index (χ3v) is 4.56. The van der Waals surface area contributed by atoms with Gasteiger partial charge in [-0.1, -0.05) is 24.3 Å². The van der Waals surface area contributed by atoms with Crippen molar-refractivity contribution in [2.75, 3.05) is 32.8 Å². The molecule has 0 saturated carbocycles. The molecule has 0 aromatic heterocycles. The third kappa shape index (κ3) is 5.74. The molecular formula is C20H23F2N3O2. The molecule has 5 nitrogen and oxygen atoms in total. The SMILES string of the molecule is O=C(NCc1ccc(F)cc1)NCC(c1ccc(F)cc1)N1CCOCC1. The maximum Gasteiger partial charge on any atom is 0.315 e. The van der Waals surface area contributed by atoms with Crippen LogP contribution in [0.1, 0.15) is 17.2 Å². The van der Waals surface area contributed by atoms with Crippen molar-refractivity contribution in [3.8, 4) is 0 Å². The van der Waals surface area contributed by atoms with Crippen LogP contribution < -0.4 is 10.6 Å². The van der Waals surface area contributed by atoms with Gasteiger partial charge >= 0.3 is 6.03 Å². The average molecular weight is 375 g/mol. The number of ether oxygens (including phenoxy) is 1. The molecule has 7 heteroatoms. The zero-order valence-electron chi connectivity index (χ0n) is 15.0. The number of nitrogens with zero attached hydrogens (tertiary/aromatic N) is 1. The molecular weight excluding hydrogens is 352 g/mol. The van der Waals surface area contributed by atoms with Crippen molar-refractivity contribution in [2.45, 2.75) is 12.6 Å². The Balaban J connectivity index is 1.57. The lowest BCUT2D eigenvalue weighted by atomic mass is 10.0. The number of nitrogens with one attached hydrogen (secondary N) is 2. The van der Waals surface area contributed by atoms with Crippen LogP contribution in [-0.4, -0.2) is 43.8 Å². The number of carbonyl (C=O) groups is 1. The zero-order chi connectivity index (χ0) is 19.1. The first-order valence-corrected chi connectivity index (χ1v) is 8.95. The molecule has 1 atom stereocenters. The van der Waals surface area contributed by atoms with Crippen molar-refractivity contribution in [1.82, 2.24) is 15.5 Å². The van der Waals surface area contributed by atoms with Crippen molar-refractivity contribution in [2.24, 2.45) is 0 Å². The van der Waals surface area contributed by atoms with E-state index in [4.69, 9.17) is 4.74 Å².